The number of halogens is 1. The van der Waals surface area contributed by atoms with Gasteiger partial charge in [-0.25, -0.2) is 8.42 Å². The van der Waals surface area contributed by atoms with E-state index in [0.29, 0.717) is 17.1 Å². The van der Waals surface area contributed by atoms with Crippen molar-refractivity contribution in [3.8, 4) is 5.75 Å². The molecule has 5 nitrogen and oxygen atoms in total. The maximum atomic E-state index is 12.2. The van der Waals surface area contributed by atoms with Gasteiger partial charge in [-0.15, -0.1) is 11.3 Å². The molecule has 3 N–H and O–H groups in total. The van der Waals surface area contributed by atoms with Crippen molar-refractivity contribution in [2.45, 2.75) is 4.21 Å². The van der Waals surface area contributed by atoms with E-state index in [4.69, 9.17) is 10.5 Å². The van der Waals surface area contributed by atoms with E-state index in [-0.39, 0.29) is 4.21 Å². The van der Waals surface area contributed by atoms with Crippen molar-refractivity contribution in [2.75, 3.05) is 17.6 Å². The van der Waals surface area contributed by atoms with Crippen LogP contribution in [0.25, 0.3) is 0 Å². The molecule has 0 aliphatic carbocycles. The van der Waals surface area contributed by atoms with E-state index < -0.39 is 10.0 Å². The van der Waals surface area contributed by atoms with Crippen LogP contribution >= 0.6 is 27.3 Å². The maximum Gasteiger partial charge on any atom is 0.271 e. The summed E-state index contributed by atoms with van der Waals surface area (Å²) in [5, 5.41) is 1.58. The second kappa shape index (κ2) is 5.40. The predicted octanol–water partition coefficient (Wildman–Crippen LogP) is 2.90. The highest BCUT2D eigenvalue weighted by Crippen LogP contribution is 2.31. The minimum absolute atomic E-state index is 0.159. The first-order chi connectivity index (χ1) is 8.92. The standard InChI is InChI=1S/C11H11BrN2O3S2/c1-17-10-3-2-7(12)4-9(10)14-19(15,16)11-5-8(13)6-18-11/h2-6,14H,13H2,1H3. The third-order valence-corrected chi connectivity index (χ3v) is 5.58. The van der Waals surface area contributed by atoms with Crippen LogP contribution in [0.5, 0.6) is 5.75 Å². The Balaban J connectivity index is 2.38. The number of nitrogens with one attached hydrogen (secondary N) is 1. The molecule has 0 atom stereocenters. The lowest BCUT2D eigenvalue weighted by Crippen LogP contribution is -2.12. The molecule has 0 aliphatic heterocycles. The number of nitrogen functional groups attached to an aromatic ring is 1. The molecule has 1 aromatic heterocycles. The normalized spacial score (nSPS) is 11.3. The summed E-state index contributed by atoms with van der Waals surface area (Å²) in [5.41, 5.74) is 6.32. The molecule has 8 heteroatoms. The highest BCUT2D eigenvalue weighted by Gasteiger charge is 2.18. The van der Waals surface area contributed by atoms with Crippen molar-refractivity contribution < 1.29 is 13.2 Å². The van der Waals surface area contributed by atoms with Crippen molar-refractivity contribution in [2.24, 2.45) is 0 Å². The van der Waals surface area contributed by atoms with Gasteiger partial charge in [0.1, 0.15) is 9.96 Å². The Morgan fingerprint density at radius 3 is 2.68 bits per heavy atom. The van der Waals surface area contributed by atoms with Crippen molar-refractivity contribution in [1.82, 2.24) is 0 Å². The number of nitrogens with two attached hydrogens (primary N) is 1. The summed E-state index contributed by atoms with van der Waals surface area (Å²) in [5.74, 6) is 0.441. The first-order valence-electron chi connectivity index (χ1n) is 5.13. The van der Waals surface area contributed by atoms with Crippen molar-refractivity contribution in [3.05, 3.63) is 34.1 Å². The van der Waals surface area contributed by atoms with Crippen molar-refractivity contribution in [3.63, 3.8) is 0 Å². The van der Waals surface area contributed by atoms with Gasteiger partial charge < -0.3 is 10.5 Å². The summed E-state index contributed by atoms with van der Waals surface area (Å²) in [6, 6.07) is 6.48. The molecular formula is C11H11BrN2O3S2. The van der Waals surface area contributed by atoms with Crippen LogP contribution in [-0.2, 0) is 10.0 Å². The quantitative estimate of drug-likeness (QED) is 0.875. The van der Waals surface area contributed by atoms with Crippen molar-refractivity contribution >= 4 is 48.7 Å². The summed E-state index contributed by atoms with van der Waals surface area (Å²) < 4.78 is 32.8. The molecule has 1 heterocycles. The molecule has 0 saturated heterocycles. The van der Waals surface area contributed by atoms with Crippen LogP contribution in [0.2, 0.25) is 0 Å². The van der Waals surface area contributed by atoms with Gasteiger partial charge >= 0.3 is 0 Å². The van der Waals surface area contributed by atoms with Crippen LogP contribution in [0.4, 0.5) is 11.4 Å². The van der Waals surface area contributed by atoms with Gasteiger partial charge in [-0.2, -0.15) is 0 Å². The summed E-state index contributed by atoms with van der Waals surface area (Å²) in [6.45, 7) is 0. The third kappa shape index (κ3) is 3.20. The molecule has 19 heavy (non-hydrogen) atoms. The molecule has 0 radical (unpaired) electrons. The zero-order valence-corrected chi connectivity index (χ0v) is 13.1. The van der Waals surface area contributed by atoms with Gasteiger partial charge in [0.15, 0.2) is 0 Å². The van der Waals surface area contributed by atoms with E-state index in [2.05, 4.69) is 20.7 Å². The van der Waals surface area contributed by atoms with E-state index >= 15 is 0 Å². The molecule has 102 valence electrons. The van der Waals surface area contributed by atoms with E-state index in [1.54, 1.807) is 23.6 Å². The fourth-order valence-electron chi connectivity index (χ4n) is 1.43. The van der Waals surface area contributed by atoms with Gasteiger partial charge in [0.25, 0.3) is 10.0 Å². The van der Waals surface area contributed by atoms with Crippen LogP contribution in [0.1, 0.15) is 0 Å². The first kappa shape index (κ1) is 14.2. The Kier molecular flexibility index (Phi) is 4.02. The van der Waals surface area contributed by atoms with E-state index in [9.17, 15) is 8.42 Å². The van der Waals surface area contributed by atoms with Crippen LogP contribution in [0.15, 0.2) is 38.3 Å². The monoisotopic (exact) mass is 362 g/mol. The Hall–Kier alpha value is -1.25. The zero-order valence-electron chi connectivity index (χ0n) is 9.88. The average Bonchev–Trinajstić information content (AvgIpc) is 2.76. The second-order valence-corrected chi connectivity index (χ2v) is 7.39. The fraction of sp³-hybridized carbons (Fsp3) is 0.0909. The van der Waals surface area contributed by atoms with E-state index in [1.807, 2.05) is 0 Å². The lowest BCUT2D eigenvalue weighted by atomic mass is 10.3. The Labute approximate surface area is 123 Å². The third-order valence-electron chi connectivity index (χ3n) is 2.27. The summed E-state index contributed by atoms with van der Waals surface area (Å²) in [6.07, 6.45) is 0. The highest BCUT2D eigenvalue weighted by molar-refractivity contribution is 9.10. The summed E-state index contributed by atoms with van der Waals surface area (Å²) in [4.78, 5) is 0. The molecule has 0 spiro atoms. The number of methoxy groups -OCH3 is 1. The van der Waals surface area contributed by atoms with Gasteiger partial charge in [0.05, 0.1) is 12.8 Å². The molecular weight excluding hydrogens is 352 g/mol. The maximum absolute atomic E-state index is 12.2. The van der Waals surface area contributed by atoms with Gasteiger partial charge in [0.2, 0.25) is 0 Å². The van der Waals surface area contributed by atoms with Crippen LogP contribution in [-0.4, -0.2) is 15.5 Å². The molecule has 0 amide bonds. The molecule has 0 saturated carbocycles. The van der Waals surface area contributed by atoms with Gasteiger partial charge in [-0.1, -0.05) is 15.9 Å². The number of benzene rings is 1. The smallest absolute Gasteiger partial charge is 0.271 e. The molecule has 1 aromatic carbocycles. The number of hydrogen-bond donors (Lipinski definition) is 2. The van der Waals surface area contributed by atoms with Crippen molar-refractivity contribution in [1.29, 1.82) is 0 Å². The number of sulfonamides is 1. The Morgan fingerprint density at radius 1 is 1.37 bits per heavy atom. The molecule has 2 aromatic rings. The Morgan fingerprint density at radius 2 is 2.11 bits per heavy atom. The van der Waals surface area contributed by atoms with Crippen LogP contribution in [0, 0.1) is 0 Å². The summed E-state index contributed by atoms with van der Waals surface area (Å²) in [7, 11) is -2.18. The van der Waals surface area contributed by atoms with Crippen LogP contribution < -0.4 is 15.2 Å². The molecule has 0 aliphatic rings. The highest BCUT2D eigenvalue weighted by atomic mass is 79.9. The van der Waals surface area contributed by atoms with Crippen LogP contribution in [0.3, 0.4) is 0 Å². The largest absolute Gasteiger partial charge is 0.495 e. The number of hydrogen-bond acceptors (Lipinski definition) is 5. The lowest BCUT2D eigenvalue weighted by Gasteiger charge is -2.11. The second-order valence-electron chi connectivity index (χ2n) is 3.65. The Bertz CT molecular complexity index is 698. The number of rotatable bonds is 4. The lowest BCUT2D eigenvalue weighted by molar-refractivity contribution is 0.417. The average molecular weight is 363 g/mol. The van der Waals surface area contributed by atoms with Gasteiger partial charge in [-0.05, 0) is 24.3 Å². The van der Waals surface area contributed by atoms with E-state index in [0.717, 1.165) is 15.8 Å². The first-order valence-corrected chi connectivity index (χ1v) is 8.28. The SMILES string of the molecule is COc1ccc(Br)cc1NS(=O)(=O)c1cc(N)cs1. The number of thiophene rings is 1. The molecule has 2 rings (SSSR count). The van der Waals surface area contributed by atoms with Gasteiger partial charge in [0, 0.05) is 15.5 Å². The molecule has 0 unspecified atom stereocenters. The summed E-state index contributed by atoms with van der Waals surface area (Å²) >= 11 is 4.35. The fourth-order valence-corrected chi connectivity index (χ4v) is 3.93. The molecule has 0 bridgehead atoms. The minimum Gasteiger partial charge on any atom is -0.495 e. The molecule has 0 fully saturated rings. The van der Waals surface area contributed by atoms with Gasteiger partial charge in [-0.3, -0.25) is 4.72 Å². The predicted molar refractivity (Wildman–Crippen MR) is 80.2 cm³/mol. The minimum atomic E-state index is -3.65. The number of anilines is 2. The topological polar surface area (TPSA) is 81.4 Å². The number of ether oxygens (including phenoxy) is 1. The zero-order chi connectivity index (χ0) is 14.0. The van der Waals surface area contributed by atoms with E-state index in [1.165, 1.54) is 13.2 Å².